The van der Waals surface area contributed by atoms with Gasteiger partial charge in [-0.15, -0.1) is 0 Å². The smallest absolute Gasteiger partial charge is 0.241 e. The molecule has 1 amide bonds. The van der Waals surface area contributed by atoms with Gasteiger partial charge in [-0.1, -0.05) is 30.3 Å². The molecule has 1 aliphatic heterocycles. The fourth-order valence-electron chi connectivity index (χ4n) is 3.62. The summed E-state index contributed by atoms with van der Waals surface area (Å²) in [7, 11) is 3.20. The first-order valence-electron chi connectivity index (χ1n) is 10.1. The molecule has 2 aromatic carbocycles. The Morgan fingerprint density at radius 3 is 2.41 bits per heavy atom. The van der Waals surface area contributed by atoms with Crippen molar-refractivity contribution in [2.75, 3.05) is 52.3 Å². The van der Waals surface area contributed by atoms with Crippen LogP contribution in [0.4, 0.5) is 5.69 Å². The molecule has 0 spiro atoms. The molecule has 0 aromatic heterocycles. The zero-order valence-electron chi connectivity index (χ0n) is 17.6. The lowest BCUT2D eigenvalue weighted by Gasteiger charge is -2.37. The molecule has 1 heterocycles. The quantitative estimate of drug-likeness (QED) is 0.742. The molecule has 0 saturated carbocycles. The molecule has 3 rings (SSSR count). The van der Waals surface area contributed by atoms with Crippen LogP contribution < -0.4 is 14.8 Å². The molecular formula is C23H31N3O3. The van der Waals surface area contributed by atoms with Gasteiger partial charge in [-0.3, -0.25) is 9.69 Å². The highest BCUT2D eigenvalue weighted by molar-refractivity contribution is 5.96. The second-order valence-electron chi connectivity index (χ2n) is 7.34. The zero-order chi connectivity index (χ0) is 20.6. The van der Waals surface area contributed by atoms with Gasteiger partial charge in [0.15, 0.2) is 0 Å². The highest BCUT2D eigenvalue weighted by Crippen LogP contribution is 2.29. The van der Waals surface area contributed by atoms with Gasteiger partial charge in [0, 0.05) is 38.8 Å². The van der Waals surface area contributed by atoms with Crippen LogP contribution >= 0.6 is 0 Å². The molecule has 6 heteroatoms. The number of hydrogen-bond acceptors (Lipinski definition) is 5. The summed E-state index contributed by atoms with van der Waals surface area (Å²) in [6.45, 7) is 6.75. The summed E-state index contributed by atoms with van der Waals surface area (Å²) in [6.07, 6.45) is 1.06. The Bertz CT molecular complexity index is 789. The van der Waals surface area contributed by atoms with E-state index in [0.717, 1.165) is 39.1 Å². The van der Waals surface area contributed by atoms with Gasteiger partial charge in [-0.25, -0.2) is 0 Å². The average molecular weight is 398 g/mol. The van der Waals surface area contributed by atoms with Crippen molar-refractivity contribution in [1.29, 1.82) is 0 Å². The minimum atomic E-state index is -0.206. The number of nitrogens with zero attached hydrogens (tertiary/aromatic N) is 2. The minimum Gasteiger partial charge on any atom is -0.497 e. The van der Waals surface area contributed by atoms with Crippen LogP contribution in [0.1, 0.15) is 12.5 Å². The standard InChI is InChI=1S/C23H31N3O3/c1-18(23(27)24-21-17-20(28-2)9-10-22(21)29-3)26-15-13-25(14-16-26)12-11-19-7-5-4-6-8-19/h4-10,17-18H,11-16H2,1-3H3,(H,24,27). The third kappa shape index (κ3) is 5.71. The van der Waals surface area contributed by atoms with Crippen molar-refractivity contribution in [2.24, 2.45) is 0 Å². The first kappa shape index (κ1) is 21.1. The van der Waals surface area contributed by atoms with E-state index in [-0.39, 0.29) is 11.9 Å². The topological polar surface area (TPSA) is 54.0 Å². The second kappa shape index (κ2) is 10.3. The van der Waals surface area contributed by atoms with Crippen LogP contribution in [-0.4, -0.2) is 68.7 Å². The number of carbonyl (C=O) groups excluding carboxylic acids is 1. The molecule has 29 heavy (non-hydrogen) atoms. The number of methoxy groups -OCH3 is 2. The predicted octanol–water partition coefficient (Wildman–Crippen LogP) is 2.89. The monoisotopic (exact) mass is 397 g/mol. The van der Waals surface area contributed by atoms with Crippen LogP contribution in [0.25, 0.3) is 0 Å². The number of carbonyl (C=O) groups is 1. The molecule has 6 nitrogen and oxygen atoms in total. The van der Waals surface area contributed by atoms with Crippen molar-refractivity contribution in [2.45, 2.75) is 19.4 Å². The lowest BCUT2D eigenvalue weighted by atomic mass is 10.1. The highest BCUT2D eigenvalue weighted by atomic mass is 16.5. The number of ether oxygens (including phenoxy) is 2. The molecule has 1 fully saturated rings. The summed E-state index contributed by atoms with van der Waals surface area (Å²) in [5.74, 6) is 1.27. The van der Waals surface area contributed by atoms with Gasteiger partial charge in [0.25, 0.3) is 0 Å². The van der Waals surface area contributed by atoms with Crippen molar-refractivity contribution in [3.05, 3.63) is 54.1 Å². The number of piperazine rings is 1. The Kier molecular flexibility index (Phi) is 7.49. The number of amides is 1. The molecule has 2 aromatic rings. The summed E-state index contributed by atoms with van der Waals surface area (Å²) in [5.41, 5.74) is 2.00. The Labute approximate surface area is 173 Å². The van der Waals surface area contributed by atoms with E-state index in [1.807, 2.05) is 13.0 Å². The van der Waals surface area contributed by atoms with E-state index in [4.69, 9.17) is 9.47 Å². The largest absolute Gasteiger partial charge is 0.497 e. The number of nitrogens with one attached hydrogen (secondary N) is 1. The lowest BCUT2D eigenvalue weighted by Crippen LogP contribution is -2.53. The van der Waals surface area contributed by atoms with Gasteiger partial charge in [-0.2, -0.15) is 0 Å². The van der Waals surface area contributed by atoms with Crippen molar-refractivity contribution in [3.63, 3.8) is 0 Å². The summed E-state index contributed by atoms with van der Waals surface area (Å²) >= 11 is 0. The van der Waals surface area contributed by atoms with Crippen molar-refractivity contribution in [1.82, 2.24) is 9.80 Å². The molecule has 0 aliphatic carbocycles. The molecule has 156 valence electrons. The first-order chi connectivity index (χ1) is 14.1. The highest BCUT2D eigenvalue weighted by Gasteiger charge is 2.26. The van der Waals surface area contributed by atoms with E-state index in [2.05, 4.69) is 45.4 Å². The first-order valence-corrected chi connectivity index (χ1v) is 10.1. The zero-order valence-corrected chi connectivity index (χ0v) is 17.6. The van der Waals surface area contributed by atoms with E-state index in [1.54, 1.807) is 26.4 Å². The lowest BCUT2D eigenvalue weighted by molar-refractivity contribution is -0.121. The minimum absolute atomic E-state index is 0.0331. The average Bonchev–Trinajstić information content (AvgIpc) is 2.78. The van der Waals surface area contributed by atoms with Gasteiger partial charge in [0.1, 0.15) is 11.5 Å². The Balaban J connectivity index is 1.50. The van der Waals surface area contributed by atoms with E-state index >= 15 is 0 Å². The fraction of sp³-hybridized carbons (Fsp3) is 0.435. The Hall–Kier alpha value is -2.57. The number of benzene rings is 2. The molecule has 1 saturated heterocycles. The van der Waals surface area contributed by atoms with Gasteiger partial charge in [-0.05, 0) is 31.0 Å². The van der Waals surface area contributed by atoms with E-state index < -0.39 is 0 Å². The molecule has 1 unspecified atom stereocenters. The van der Waals surface area contributed by atoms with Gasteiger partial charge in [0.05, 0.1) is 25.9 Å². The van der Waals surface area contributed by atoms with Crippen molar-refractivity contribution in [3.8, 4) is 11.5 Å². The summed E-state index contributed by atoms with van der Waals surface area (Å²) in [4.78, 5) is 17.5. The van der Waals surface area contributed by atoms with Gasteiger partial charge >= 0.3 is 0 Å². The summed E-state index contributed by atoms with van der Waals surface area (Å²) in [6, 6.07) is 15.8. The molecule has 0 radical (unpaired) electrons. The van der Waals surface area contributed by atoms with Crippen LogP contribution in [0, 0.1) is 0 Å². The van der Waals surface area contributed by atoms with Crippen LogP contribution in [0.2, 0.25) is 0 Å². The number of hydrogen-bond donors (Lipinski definition) is 1. The van der Waals surface area contributed by atoms with Crippen LogP contribution in [-0.2, 0) is 11.2 Å². The molecule has 1 atom stereocenters. The van der Waals surface area contributed by atoms with Gasteiger partial charge < -0.3 is 19.7 Å². The number of rotatable bonds is 8. The third-order valence-electron chi connectivity index (χ3n) is 5.56. The maximum Gasteiger partial charge on any atom is 0.241 e. The summed E-state index contributed by atoms with van der Waals surface area (Å²) in [5, 5.41) is 2.99. The van der Waals surface area contributed by atoms with Crippen LogP contribution in [0.5, 0.6) is 11.5 Å². The van der Waals surface area contributed by atoms with Crippen molar-refractivity contribution < 1.29 is 14.3 Å². The Morgan fingerprint density at radius 2 is 1.76 bits per heavy atom. The van der Waals surface area contributed by atoms with Crippen molar-refractivity contribution >= 4 is 11.6 Å². The van der Waals surface area contributed by atoms with E-state index in [9.17, 15) is 4.79 Å². The maximum atomic E-state index is 12.8. The second-order valence-corrected chi connectivity index (χ2v) is 7.34. The van der Waals surface area contributed by atoms with Crippen LogP contribution in [0.15, 0.2) is 48.5 Å². The fourth-order valence-corrected chi connectivity index (χ4v) is 3.62. The maximum absolute atomic E-state index is 12.8. The Morgan fingerprint density at radius 1 is 1.03 bits per heavy atom. The molecular weight excluding hydrogens is 366 g/mol. The van der Waals surface area contributed by atoms with Gasteiger partial charge in [0.2, 0.25) is 5.91 Å². The normalized spacial score (nSPS) is 16.2. The van der Waals surface area contributed by atoms with Crippen LogP contribution in [0.3, 0.4) is 0 Å². The van der Waals surface area contributed by atoms with E-state index in [0.29, 0.717) is 17.2 Å². The van der Waals surface area contributed by atoms with E-state index in [1.165, 1.54) is 5.56 Å². The molecule has 0 bridgehead atoms. The third-order valence-corrected chi connectivity index (χ3v) is 5.56. The summed E-state index contributed by atoms with van der Waals surface area (Å²) < 4.78 is 10.6. The molecule has 1 N–H and O–H groups in total. The number of anilines is 1. The molecule has 1 aliphatic rings. The SMILES string of the molecule is COc1ccc(OC)c(NC(=O)C(C)N2CCN(CCc3ccccc3)CC2)c1. The predicted molar refractivity (Wildman–Crippen MR) is 116 cm³/mol.